The van der Waals surface area contributed by atoms with Crippen molar-refractivity contribution in [3.05, 3.63) is 60.2 Å². The third-order valence-electron chi connectivity index (χ3n) is 4.86. The van der Waals surface area contributed by atoms with Gasteiger partial charge in [0.15, 0.2) is 0 Å². The summed E-state index contributed by atoms with van der Waals surface area (Å²) in [6, 6.07) is 18.1. The van der Waals surface area contributed by atoms with Gasteiger partial charge in [-0.25, -0.2) is 4.79 Å². The van der Waals surface area contributed by atoms with Crippen molar-refractivity contribution in [3.8, 4) is 5.75 Å². The monoisotopic (exact) mass is 367 g/mol. The summed E-state index contributed by atoms with van der Waals surface area (Å²) < 4.78 is 5.43. The molecule has 0 unspecified atom stereocenters. The molecule has 1 aliphatic heterocycles. The topological polar surface area (TPSA) is 44.8 Å². The van der Waals surface area contributed by atoms with Gasteiger partial charge in [0.25, 0.3) is 0 Å². The molecule has 1 fully saturated rings. The highest BCUT2D eigenvalue weighted by molar-refractivity contribution is 5.89. The number of hydrogen-bond acceptors (Lipinski definition) is 3. The van der Waals surface area contributed by atoms with Gasteiger partial charge in [-0.2, -0.15) is 0 Å². The lowest BCUT2D eigenvalue weighted by molar-refractivity contribution is 0.146. The largest absolute Gasteiger partial charge is 0.494 e. The molecule has 1 N–H and O–H groups in total. The molecule has 0 radical (unpaired) electrons. The fourth-order valence-electron chi connectivity index (χ4n) is 3.33. The summed E-state index contributed by atoms with van der Waals surface area (Å²) in [5, 5.41) is 2.97. The molecule has 0 atom stereocenters. The fourth-order valence-corrected chi connectivity index (χ4v) is 3.33. The van der Waals surface area contributed by atoms with Crippen molar-refractivity contribution in [2.45, 2.75) is 19.8 Å². The number of hydrogen-bond donors (Lipinski definition) is 1. The van der Waals surface area contributed by atoms with E-state index in [1.54, 1.807) is 0 Å². The molecule has 1 saturated heterocycles. The Morgan fingerprint density at radius 2 is 1.70 bits per heavy atom. The Balaban J connectivity index is 1.37. The van der Waals surface area contributed by atoms with E-state index in [9.17, 15) is 4.79 Å². The van der Waals surface area contributed by atoms with Gasteiger partial charge in [0.2, 0.25) is 0 Å². The van der Waals surface area contributed by atoms with Crippen LogP contribution >= 0.6 is 0 Å². The number of anilines is 1. The summed E-state index contributed by atoms with van der Waals surface area (Å²) >= 11 is 0. The molecule has 1 heterocycles. The average Bonchev–Trinajstić information content (AvgIpc) is 2.71. The van der Waals surface area contributed by atoms with Crippen molar-refractivity contribution in [2.24, 2.45) is 0 Å². The molecule has 0 saturated carbocycles. The van der Waals surface area contributed by atoms with Gasteiger partial charge in [-0.3, -0.25) is 4.90 Å². The number of benzene rings is 2. The van der Waals surface area contributed by atoms with Gasteiger partial charge in [0, 0.05) is 31.9 Å². The highest BCUT2D eigenvalue weighted by atomic mass is 16.5. The lowest BCUT2D eigenvalue weighted by Crippen LogP contribution is -2.50. The molecule has 144 valence electrons. The zero-order valence-electron chi connectivity index (χ0n) is 16.1. The second kappa shape index (κ2) is 9.97. The van der Waals surface area contributed by atoms with Crippen LogP contribution in [0.3, 0.4) is 0 Å². The maximum atomic E-state index is 12.4. The number of aryl methyl sites for hydroxylation is 1. The summed E-state index contributed by atoms with van der Waals surface area (Å²) in [5.41, 5.74) is 2.19. The molecule has 5 heteroatoms. The van der Waals surface area contributed by atoms with Crippen molar-refractivity contribution in [1.29, 1.82) is 0 Å². The van der Waals surface area contributed by atoms with Crippen molar-refractivity contribution < 1.29 is 9.53 Å². The van der Waals surface area contributed by atoms with Crippen molar-refractivity contribution in [2.75, 3.05) is 44.6 Å². The van der Waals surface area contributed by atoms with E-state index in [0.717, 1.165) is 57.0 Å². The van der Waals surface area contributed by atoms with Crippen LogP contribution in [0, 0.1) is 0 Å². The molecular formula is C22H29N3O2. The van der Waals surface area contributed by atoms with Gasteiger partial charge in [-0.1, -0.05) is 30.3 Å². The number of rotatable bonds is 7. The highest BCUT2D eigenvalue weighted by Crippen LogP contribution is 2.16. The quantitative estimate of drug-likeness (QED) is 0.808. The molecule has 3 rings (SSSR count). The number of urea groups is 1. The summed E-state index contributed by atoms with van der Waals surface area (Å²) in [7, 11) is 0. The molecule has 0 spiro atoms. The van der Waals surface area contributed by atoms with Crippen molar-refractivity contribution in [1.82, 2.24) is 9.80 Å². The van der Waals surface area contributed by atoms with Crippen LogP contribution in [0.2, 0.25) is 0 Å². The minimum atomic E-state index is -0.0249. The van der Waals surface area contributed by atoms with E-state index in [0.29, 0.717) is 6.61 Å². The number of amides is 2. The smallest absolute Gasteiger partial charge is 0.321 e. The second-order valence-corrected chi connectivity index (χ2v) is 6.81. The second-order valence-electron chi connectivity index (χ2n) is 6.81. The predicted molar refractivity (Wildman–Crippen MR) is 109 cm³/mol. The summed E-state index contributed by atoms with van der Waals surface area (Å²) in [6.07, 6.45) is 2.27. The maximum Gasteiger partial charge on any atom is 0.321 e. The van der Waals surface area contributed by atoms with E-state index in [1.165, 1.54) is 5.56 Å². The van der Waals surface area contributed by atoms with Crippen LogP contribution in [0.1, 0.15) is 18.9 Å². The Kier molecular flexibility index (Phi) is 7.11. The molecule has 2 amide bonds. The van der Waals surface area contributed by atoms with E-state index >= 15 is 0 Å². The molecule has 1 aliphatic rings. The zero-order chi connectivity index (χ0) is 18.9. The molecule has 2 aromatic rings. The number of nitrogens with one attached hydrogen (secondary N) is 1. The predicted octanol–water partition coefficient (Wildman–Crippen LogP) is 3.87. The van der Waals surface area contributed by atoms with Crippen LogP contribution in [-0.4, -0.2) is 55.2 Å². The first-order chi connectivity index (χ1) is 13.2. The Morgan fingerprint density at radius 3 is 2.37 bits per heavy atom. The maximum absolute atomic E-state index is 12.4. The summed E-state index contributed by atoms with van der Waals surface area (Å²) in [6.45, 7) is 7.10. The minimum Gasteiger partial charge on any atom is -0.494 e. The van der Waals surface area contributed by atoms with Gasteiger partial charge in [0.1, 0.15) is 5.75 Å². The molecule has 5 nitrogen and oxygen atoms in total. The van der Waals surface area contributed by atoms with Crippen LogP contribution < -0.4 is 10.1 Å². The van der Waals surface area contributed by atoms with Gasteiger partial charge in [-0.15, -0.1) is 0 Å². The highest BCUT2D eigenvalue weighted by Gasteiger charge is 2.20. The van der Waals surface area contributed by atoms with Crippen LogP contribution in [0.4, 0.5) is 10.5 Å². The zero-order valence-corrected chi connectivity index (χ0v) is 16.1. The molecule has 0 aliphatic carbocycles. The number of carbonyl (C=O) groups is 1. The Hall–Kier alpha value is -2.53. The van der Waals surface area contributed by atoms with E-state index in [1.807, 2.05) is 36.1 Å². The number of nitrogens with zero attached hydrogens (tertiary/aromatic N) is 2. The first kappa shape index (κ1) is 19.2. The van der Waals surface area contributed by atoms with E-state index in [4.69, 9.17) is 4.74 Å². The molecule has 0 bridgehead atoms. The molecule has 27 heavy (non-hydrogen) atoms. The first-order valence-electron chi connectivity index (χ1n) is 9.79. The lowest BCUT2D eigenvalue weighted by Gasteiger charge is -2.34. The van der Waals surface area contributed by atoms with Gasteiger partial charge < -0.3 is 15.0 Å². The van der Waals surface area contributed by atoms with Crippen LogP contribution in [0.15, 0.2) is 54.6 Å². The van der Waals surface area contributed by atoms with Crippen molar-refractivity contribution >= 4 is 11.7 Å². The Labute approximate surface area is 161 Å². The van der Waals surface area contributed by atoms with E-state index < -0.39 is 0 Å². The van der Waals surface area contributed by atoms with Crippen molar-refractivity contribution in [3.63, 3.8) is 0 Å². The van der Waals surface area contributed by atoms with Gasteiger partial charge in [0.05, 0.1) is 6.61 Å². The average molecular weight is 367 g/mol. The fraction of sp³-hybridized carbons (Fsp3) is 0.409. The summed E-state index contributed by atoms with van der Waals surface area (Å²) in [5.74, 6) is 0.819. The van der Waals surface area contributed by atoms with Crippen LogP contribution in [0.5, 0.6) is 5.75 Å². The third-order valence-corrected chi connectivity index (χ3v) is 4.86. The number of ether oxygens (including phenoxy) is 1. The Bertz CT molecular complexity index is 695. The Morgan fingerprint density at radius 1 is 1.00 bits per heavy atom. The molecule has 2 aromatic carbocycles. The minimum absolute atomic E-state index is 0.0249. The van der Waals surface area contributed by atoms with E-state index in [2.05, 4.69) is 40.5 Å². The SMILES string of the molecule is CCOc1ccc(NC(=O)N2CCN(CCCc3ccccc3)CC2)cc1. The van der Waals surface area contributed by atoms with Crippen LogP contribution in [-0.2, 0) is 6.42 Å². The molecular weight excluding hydrogens is 338 g/mol. The lowest BCUT2D eigenvalue weighted by atomic mass is 10.1. The first-order valence-corrected chi connectivity index (χ1v) is 9.79. The van der Waals surface area contributed by atoms with Crippen LogP contribution in [0.25, 0.3) is 0 Å². The number of carbonyl (C=O) groups excluding carboxylic acids is 1. The van der Waals surface area contributed by atoms with E-state index in [-0.39, 0.29) is 6.03 Å². The number of piperazine rings is 1. The molecule has 0 aromatic heterocycles. The summed E-state index contributed by atoms with van der Waals surface area (Å²) in [4.78, 5) is 16.8. The van der Waals surface area contributed by atoms with Gasteiger partial charge >= 0.3 is 6.03 Å². The standard InChI is InChI=1S/C22H29N3O2/c1-2-27-21-12-10-20(11-13-21)23-22(26)25-17-15-24(16-18-25)14-6-9-19-7-4-3-5-8-19/h3-5,7-8,10-13H,2,6,9,14-18H2,1H3,(H,23,26). The normalized spacial score (nSPS) is 14.8. The third kappa shape index (κ3) is 6.00. The van der Waals surface area contributed by atoms with Gasteiger partial charge in [-0.05, 0) is 56.1 Å².